The lowest BCUT2D eigenvalue weighted by molar-refractivity contribution is -0.841. The van der Waals surface area contributed by atoms with E-state index in [1.807, 2.05) is 59.4 Å². The van der Waals surface area contributed by atoms with Crippen LogP contribution in [-0.4, -0.2) is 21.3 Å². The molecule has 4 heteroatoms. The number of methoxy groups -OCH3 is 3. The molecule has 0 atom stereocenters. The quantitative estimate of drug-likeness (QED) is 0.536. The molecule has 0 fully saturated rings. The average Bonchev–Trinajstić information content (AvgIpc) is 2.63. The third kappa shape index (κ3) is 2.56. The molecular formula is C19H20NO3+. The molecule has 0 N–H and O–H groups in total. The van der Waals surface area contributed by atoms with E-state index in [4.69, 9.17) is 14.2 Å². The number of pyridine rings is 1. The first-order valence-corrected chi connectivity index (χ1v) is 7.39. The molecule has 0 saturated carbocycles. The number of hydrogen-bond donors (Lipinski definition) is 0. The van der Waals surface area contributed by atoms with Gasteiger partial charge in [-0.25, -0.2) is 0 Å². The van der Waals surface area contributed by atoms with E-state index in [-0.39, 0.29) is 0 Å². The van der Waals surface area contributed by atoms with Crippen molar-refractivity contribution >= 4 is 10.8 Å². The SMILES string of the molecule is COc1ccccc1C(OC)(OC)[n+]1ccc2ccccc2c1. The van der Waals surface area contributed by atoms with Crippen molar-refractivity contribution in [1.29, 1.82) is 0 Å². The predicted molar refractivity (Wildman–Crippen MR) is 88.2 cm³/mol. The molecule has 0 amide bonds. The zero-order valence-electron chi connectivity index (χ0n) is 13.5. The highest BCUT2D eigenvalue weighted by Crippen LogP contribution is 2.31. The predicted octanol–water partition coefficient (Wildman–Crippen LogP) is 3.09. The Bertz CT molecular complexity index is 812. The van der Waals surface area contributed by atoms with Crippen LogP contribution in [0.15, 0.2) is 67.0 Å². The summed E-state index contributed by atoms with van der Waals surface area (Å²) >= 11 is 0. The van der Waals surface area contributed by atoms with Gasteiger partial charge in [-0.2, -0.15) is 0 Å². The van der Waals surface area contributed by atoms with E-state index in [9.17, 15) is 0 Å². The second kappa shape index (κ2) is 6.36. The van der Waals surface area contributed by atoms with Crippen LogP contribution in [0, 0.1) is 0 Å². The van der Waals surface area contributed by atoms with Crippen LogP contribution in [0.25, 0.3) is 10.8 Å². The molecule has 23 heavy (non-hydrogen) atoms. The fourth-order valence-electron chi connectivity index (χ4n) is 2.88. The van der Waals surface area contributed by atoms with E-state index in [0.717, 1.165) is 16.3 Å². The van der Waals surface area contributed by atoms with Gasteiger partial charge >= 0.3 is 5.91 Å². The monoisotopic (exact) mass is 310 g/mol. The molecule has 4 nitrogen and oxygen atoms in total. The van der Waals surface area contributed by atoms with Gasteiger partial charge in [0.05, 0.1) is 7.11 Å². The molecule has 0 aliphatic carbocycles. The van der Waals surface area contributed by atoms with Crippen molar-refractivity contribution in [3.05, 3.63) is 72.6 Å². The highest BCUT2D eigenvalue weighted by molar-refractivity contribution is 5.80. The summed E-state index contributed by atoms with van der Waals surface area (Å²) < 4.78 is 19.0. The first kappa shape index (κ1) is 15.5. The Morgan fingerprint density at radius 3 is 2.13 bits per heavy atom. The van der Waals surface area contributed by atoms with Gasteiger partial charge in [0.25, 0.3) is 0 Å². The summed E-state index contributed by atoms with van der Waals surface area (Å²) in [4.78, 5) is 0. The van der Waals surface area contributed by atoms with Crippen molar-refractivity contribution in [2.24, 2.45) is 0 Å². The molecule has 0 aliphatic rings. The molecule has 0 spiro atoms. The minimum absolute atomic E-state index is 0.705. The van der Waals surface area contributed by atoms with Gasteiger partial charge in [0.1, 0.15) is 11.3 Å². The lowest BCUT2D eigenvalue weighted by Crippen LogP contribution is -2.59. The van der Waals surface area contributed by atoms with Crippen molar-refractivity contribution in [1.82, 2.24) is 0 Å². The van der Waals surface area contributed by atoms with Crippen LogP contribution >= 0.6 is 0 Å². The molecule has 3 rings (SSSR count). The van der Waals surface area contributed by atoms with E-state index >= 15 is 0 Å². The van der Waals surface area contributed by atoms with Crippen LogP contribution in [0.5, 0.6) is 5.75 Å². The van der Waals surface area contributed by atoms with Gasteiger partial charge in [0.2, 0.25) is 0 Å². The van der Waals surface area contributed by atoms with E-state index in [0.29, 0.717) is 5.75 Å². The fraction of sp³-hybridized carbons (Fsp3) is 0.211. The third-order valence-corrected chi connectivity index (χ3v) is 4.03. The molecule has 0 aliphatic heterocycles. The normalized spacial score (nSPS) is 11.6. The summed E-state index contributed by atoms with van der Waals surface area (Å²) in [5.41, 5.74) is 0.799. The van der Waals surface area contributed by atoms with E-state index in [1.165, 1.54) is 0 Å². The number of hydrogen-bond acceptors (Lipinski definition) is 3. The van der Waals surface area contributed by atoms with Gasteiger partial charge in [-0.1, -0.05) is 30.3 Å². The number of benzene rings is 2. The van der Waals surface area contributed by atoms with Crippen LogP contribution < -0.4 is 9.30 Å². The summed E-state index contributed by atoms with van der Waals surface area (Å²) in [5, 5.41) is 2.26. The highest BCUT2D eigenvalue weighted by atomic mass is 16.7. The average molecular weight is 310 g/mol. The first-order valence-electron chi connectivity index (χ1n) is 7.39. The first-order chi connectivity index (χ1) is 11.2. The van der Waals surface area contributed by atoms with Crippen molar-refractivity contribution in [2.45, 2.75) is 5.91 Å². The van der Waals surface area contributed by atoms with E-state index in [2.05, 4.69) is 12.1 Å². The summed E-state index contributed by atoms with van der Waals surface area (Å²) in [5.74, 6) is -0.395. The maximum absolute atomic E-state index is 5.81. The Morgan fingerprint density at radius 2 is 1.43 bits per heavy atom. The maximum Gasteiger partial charge on any atom is 0.422 e. The molecular weight excluding hydrogens is 290 g/mol. The second-order valence-corrected chi connectivity index (χ2v) is 5.17. The Kier molecular flexibility index (Phi) is 4.28. The van der Waals surface area contributed by atoms with Crippen LogP contribution in [0.1, 0.15) is 5.56 Å². The van der Waals surface area contributed by atoms with Crippen molar-refractivity contribution in [3.63, 3.8) is 0 Å². The Morgan fingerprint density at radius 1 is 0.783 bits per heavy atom. The standard InChI is InChI=1S/C19H20NO3/c1-21-18-11-7-6-10-17(18)19(22-2,23-3)20-13-12-15-8-4-5-9-16(15)14-20/h4-14H,1-3H3/q+1. The number of ether oxygens (including phenoxy) is 3. The van der Waals surface area contributed by atoms with Gasteiger partial charge < -0.3 is 4.74 Å². The number of para-hydroxylation sites is 1. The molecule has 3 aromatic rings. The number of aromatic nitrogens is 1. The molecule has 0 bridgehead atoms. The zero-order valence-corrected chi connectivity index (χ0v) is 13.5. The van der Waals surface area contributed by atoms with Gasteiger partial charge in [-0.15, -0.1) is 4.57 Å². The summed E-state index contributed by atoms with van der Waals surface area (Å²) in [7, 11) is 4.89. The molecule has 2 aromatic carbocycles. The van der Waals surface area contributed by atoms with Crippen molar-refractivity contribution in [2.75, 3.05) is 21.3 Å². The van der Waals surface area contributed by atoms with Crippen molar-refractivity contribution < 1.29 is 18.8 Å². The minimum Gasteiger partial charge on any atom is -0.496 e. The smallest absolute Gasteiger partial charge is 0.422 e. The number of fused-ring (bicyclic) bond motifs is 1. The van der Waals surface area contributed by atoms with E-state index in [1.54, 1.807) is 21.3 Å². The topological polar surface area (TPSA) is 31.6 Å². The summed E-state index contributed by atoms with van der Waals surface area (Å²) in [6.45, 7) is 0. The van der Waals surface area contributed by atoms with Gasteiger partial charge in [0, 0.05) is 25.7 Å². The maximum atomic E-state index is 5.81. The van der Waals surface area contributed by atoms with Crippen LogP contribution in [0.3, 0.4) is 0 Å². The van der Waals surface area contributed by atoms with Crippen LogP contribution in [0.4, 0.5) is 0 Å². The van der Waals surface area contributed by atoms with Crippen molar-refractivity contribution in [3.8, 4) is 5.75 Å². The van der Waals surface area contributed by atoms with Crippen LogP contribution in [-0.2, 0) is 15.4 Å². The molecule has 0 saturated heterocycles. The molecule has 0 radical (unpaired) electrons. The molecule has 0 unspecified atom stereocenters. The molecule has 118 valence electrons. The lowest BCUT2D eigenvalue weighted by atomic mass is 10.1. The number of nitrogens with zero attached hydrogens (tertiary/aromatic N) is 1. The van der Waals surface area contributed by atoms with Gasteiger partial charge in [-0.05, 0) is 23.6 Å². The molecule has 1 heterocycles. The minimum atomic E-state index is -1.10. The summed E-state index contributed by atoms with van der Waals surface area (Å²) in [6.07, 6.45) is 3.95. The summed E-state index contributed by atoms with van der Waals surface area (Å²) in [6, 6.07) is 17.9. The Balaban J connectivity index is 2.23. The zero-order chi connectivity index (χ0) is 16.3. The number of rotatable bonds is 5. The van der Waals surface area contributed by atoms with E-state index < -0.39 is 5.91 Å². The lowest BCUT2D eigenvalue weighted by Gasteiger charge is -2.26. The highest BCUT2D eigenvalue weighted by Gasteiger charge is 2.46. The van der Waals surface area contributed by atoms with Gasteiger partial charge in [0.15, 0.2) is 12.4 Å². The van der Waals surface area contributed by atoms with Crippen LogP contribution in [0.2, 0.25) is 0 Å². The Labute approximate surface area is 135 Å². The Hall–Kier alpha value is -2.43. The molecule has 1 aromatic heterocycles. The second-order valence-electron chi connectivity index (χ2n) is 5.17. The largest absolute Gasteiger partial charge is 0.496 e. The fourth-order valence-corrected chi connectivity index (χ4v) is 2.88. The van der Waals surface area contributed by atoms with Gasteiger partial charge in [-0.3, -0.25) is 9.47 Å². The third-order valence-electron chi connectivity index (χ3n) is 4.03.